The zero-order valence-electron chi connectivity index (χ0n) is 11.9. The summed E-state index contributed by atoms with van der Waals surface area (Å²) in [6.45, 7) is -0.0604. The molecular weight excluding hydrogens is 341 g/mol. The molecule has 2 aromatic rings. The molecule has 0 atom stereocenters. The summed E-state index contributed by atoms with van der Waals surface area (Å²) in [5, 5.41) is 13.6. The minimum atomic E-state index is -0.334. The van der Waals surface area contributed by atoms with E-state index in [1.807, 2.05) is 0 Å². The van der Waals surface area contributed by atoms with Crippen LogP contribution >= 0.6 is 23.2 Å². The van der Waals surface area contributed by atoms with E-state index in [-0.39, 0.29) is 29.3 Å². The summed E-state index contributed by atoms with van der Waals surface area (Å²) in [4.78, 5) is 23.6. The lowest BCUT2D eigenvalue weighted by molar-refractivity contribution is -0.117. The van der Waals surface area contributed by atoms with Crippen LogP contribution in [0.15, 0.2) is 24.4 Å². The molecule has 1 aromatic carbocycles. The van der Waals surface area contributed by atoms with E-state index in [0.717, 1.165) is 12.8 Å². The minimum absolute atomic E-state index is 0.0604. The van der Waals surface area contributed by atoms with Gasteiger partial charge in [0.05, 0.1) is 21.9 Å². The Kier molecular flexibility index (Phi) is 4.49. The van der Waals surface area contributed by atoms with Crippen molar-refractivity contribution in [1.82, 2.24) is 15.0 Å². The van der Waals surface area contributed by atoms with Gasteiger partial charge in [0.15, 0.2) is 5.82 Å². The van der Waals surface area contributed by atoms with Gasteiger partial charge in [0, 0.05) is 5.92 Å². The second kappa shape index (κ2) is 6.55. The predicted molar refractivity (Wildman–Crippen MR) is 86.5 cm³/mol. The molecule has 3 rings (SSSR count). The second-order valence-electron chi connectivity index (χ2n) is 5.21. The van der Waals surface area contributed by atoms with E-state index >= 15 is 0 Å². The van der Waals surface area contributed by atoms with Gasteiger partial charge in [0.2, 0.25) is 11.8 Å². The van der Waals surface area contributed by atoms with Crippen molar-refractivity contribution in [3.05, 3.63) is 34.4 Å². The number of nitrogens with one attached hydrogen (secondary N) is 2. The zero-order chi connectivity index (χ0) is 16.4. The first-order valence-corrected chi connectivity index (χ1v) is 7.73. The average Bonchev–Trinajstić information content (AvgIpc) is 3.27. The summed E-state index contributed by atoms with van der Waals surface area (Å²) in [5.74, 6) is 0.00949. The fourth-order valence-corrected chi connectivity index (χ4v) is 2.29. The van der Waals surface area contributed by atoms with Gasteiger partial charge in [-0.05, 0) is 25.0 Å². The summed E-state index contributed by atoms with van der Waals surface area (Å²) >= 11 is 11.9. The van der Waals surface area contributed by atoms with Gasteiger partial charge < -0.3 is 10.6 Å². The van der Waals surface area contributed by atoms with E-state index in [0.29, 0.717) is 16.5 Å². The van der Waals surface area contributed by atoms with Crippen molar-refractivity contribution in [3.8, 4) is 0 Å². The Labute approximate surface area is 141 Å². The van der Waals surface area contributed by atoms with Gasteiger partial charge in [0.25, 0.3) is 0 Å². The zero-order valence-corrected chi connectivity index (χ0v) is 13.4. The third-order valence-electron chi connectivity index (χ3n) is 3.27. The smallest absolute Gasteiger partial charge is 0.246 e. The standard InChI is InChI=1S/C14H13Cl2N5O2/c15-9-2-1-3-10(13(9)16)17-12(22)7-21-6-11(19-20-21)18-14(23)8-4-5-8/h1-3,6,8H,4-5,7H2,(H,17,22)(H,18,23). The molecule has 2 amide bonds. The highest BCUT2D eigenvalue weighted by atomic mass is 35.5. The first kappa shape index (κ1) is 15.8. The Morgan fingerprint density at radius 3 is 2.78 bits per heavy atom. The average molecular weight is 354 g/mol. The third-order valence-corrected chi connectivity index (χ3v) is 4.09. The number of halogens is 2. The van der Waals surface area contributed by atoms with Crippen LogP contribution in [0.3, 0.4) is 0 Å². The monoisotopic (exact) mass is 353 g/mol. The van der Waals surface area contributed by atoms with Crippen LogP contribution in [0.5, 0.6) is 0 Å². The summed E-state index contributed by atoms with van der Waals surface area (Å²) in [5.41, 5.74) is 0.423. The molecule has 1 aliphatic rings. The normalized spacial score (nSPS) is 13.7. The van der Waals surface area contributed by atoms with E-state index in [1.165, 1.54) is 10.9 Å². The van der Waals surface area contributed by atoms with E-state index in [1.54, 1.807) is 18.2 Å². The highest BCUT2D eigenvalue weighted by Crippen LogP contribution is 2.30. The maximum atomic E-state index is 12.0. The predicted octanol–water partition coefficient (Wildman–Crippen LogP) is 2.57. The Hall–Kier alpha value is -2.12. The van der Waals surface area contributed by atoms with Gasteiger partial charge in [-0.3, -0.25) is 9.59 Å². The van der Waals surface area contributed by atoms with E-state index in [2.05, 4.69) is 20.9 Å². The molecule has 1 heterocycles. The van der Waals surface area contributed by atoms with Gasteiger partial charge in [-0.2, -0.15) is 0 Å². The number of hydrogen-bond donors (Lipinski definition) is 2. The number of hydrogen-bond acceptors (Lipinski definition) is 4. The van der Waals surface area contributed by atoms with Gasteiger partial charge in [-0.25, -0.2) is 4.68 Å². The van der Waals surface area contributed by atoms with Crippen LogP contribution in [0.4, 0.5) is 11.5 Å². The largest absolute Gasteiger partial charge is 0.323 e. The first-order chi connectivity index (χ1) is 11.0. The van der Waals surface area contributed by atoms with Crippen LogP contribution in [-0.4, -0.2) is 26.8 Å². The Morgan fingerprint density at radius 1 is 1.26 bits per heavy atom. The van der Waals surface area contributed by atoms with Gasteiger partial charge in [0.1, 0.15) is 6.54 Å². The van der Waals surface area contributed by atoms with Crippen molar-refractivity contribution in [2.75, 3.05) is 10.6 Å². The Bertz CT molecular complexity index is 757. The van der Waals surface area contributed by atoms with Gasteiger partial charge >= 0.3 is 0 Å². The van der Waals surface area contributed by atoms with Crippen LogP contribution in [-0.2, 0) is 16.1 Å². The van der Waals surface area contributed by atoms with E-state index in [4.69, 9.17) is 23.2 Å². The molecule has 1 saturated carbocycles. The van der Waals surface area contributed by atoms with Crippen LogP contribution in [0, 0.1) is 5.92 Å². The fraction of sp³-hybridized carbons (Fsp3) is 0.286. The second-order valence-corrected chi connectivity index (χ2v) is 6.00. The molecule has 9 heteroatoms. The molecule has 7 nitrogen and oxygen atoms in total. The van der Waals surface area contributed by atoms with E-state index < -0.39 is 0 Å². The number of benzene rings is 1. The van der Waals surface area contributed by atoms with Crippen molar-refractivity contribution in [2.24, 2.45) is 5.92 Å². The maximum Gasteiger partial charge on any atom is 0.246 e. The van der Waals surface area contributed by atoms with Crippen LogP contribution in [0.2, 0.25) is 10.0 Å². The molecule has 1 fully saturated rings. The molecule has 23 heavy (non-hydrogen) atoms. The molecular formula is C14H13Cl2N5O2. The maximum absolute atomic E-state index is 12.0. The van der Waals surface area contributed by atoms with Crippen molar-refractivity contribution < 1.29 is 9.59 Å². The summed E-state index contributed by atoms with van der Waals surface area (Å²) in [7, 11) is 0. The number of aromatic nitrogens is 3. The van der Waals surface area contributed by atoms with Crippen LogP contribution in [0.25, 0.3) is 0 Å². The van der Waals surface area contributed by atoms with Gasteiger partial charge in [-0.1, -0.05) is 34.5 Å². The highest BCUT2D eigenvalue weighted by molar-refractivity contribution is 6.43. The fourth-order valence-electron chi connectivity index (χ4n) is 1.94. The SMILES string of the molecule is O=C(Cn1cc(NC(=O)C2CC2)nn1)Nc1cccc(Cl)c1Cl. The molecule has 1 aromatic heterocycles. The number of rotatable bonds is 5. The number of anilines is 2. The minimum Gasteiger partial charge on any atom is -0.323 e. The highest BCUT2D eigenvalue weighted by Gasteiger charge is 2.30. The molecule has 120 valence electrons. The topological polar surface area (TPSA) is 88.9 Å². The lowest BCUT2D eigenvalue weighted by atomic mass is 10.3. The summed E-state index contributed by atoms with van der Waals surface area (Å²) in [6.07, 6.45) is 3.31. The van der Waals surface area contributed by atoms with Crippen molar-refractivity contribution in [2.45, 2.75) is 19.4 Å². The molecule has 0 aliphatic heterocycles. The summed E-state index contributed by atoms with van der Waals surface area (Å²) < 4.78 is 1.33. The number of nitrogens with zero attached hydrogens (tertiary/aromatic N) is 3. The van der Waals surface area contributed by atoms with Crippen molar-refractivity contribution >= 4 is 46.5 Å². The van der Waals surface area contributed by atoms with Crippen molar-refractivity contribution in [1.29, 1.82) is 0 Å². The number of amides is 2. The lowest BCUT2D eigenvalue weighted by Crippen LogP contribution is -2.19. The first-order valence-electron chi connectivity index (χ1n) is 6.98. The van der Waals surface area contributed by atoms with Crippen LogP contribution in [0.1, 0.15) is 12.8 Å². The molecule has 0 bridgehead atoms. The third kappa shape index (κ3) is 4.00. The Morgan fingerprint density at radius 2 is 2.04 bits per heavy atom. The van der Waals surface area contributed by atoms with Gasteiger partial charge in [-0.15, -0.1) is 5.10 Å². The molecule has 1 aliphatic carbocycles. The summed E-state index contributed by atoms with van der Waals surface area (Å²) in [6, 6.07) is 4.96. The lowest BCUT2D eigenvalue weighted by Gasteiger charge is -2.07. The van der Waals surface area contributed by atoms with Crippen molar-refractivity contribution in [3.63, 3.8) is 0 Å². The number of carbonyl (C=O) groups is 2. The Balaban J connectivity index is 1.58. The number of carbonyl (C=O) groups excluding carboxylic acids is 2. The van der Waals surface area contributed by atoms with E-state index in [9.17, 15) is 9.59 Å². The molecule has 2 N–H and O–H groups in total. The molecule has 0 saturated heterocycles. The molecule has 0 spiro atoms. The quantitative estimate of drug-likeness (QED) is 0.864. The van der Waals surface area contributed by atoms with Crippen LogP contribution < -0.4 is 10.6 Å². The molecule has 0 radical (unpaired) electrons. The molecule has 0 unspecified atom stereocenters.